The average Bonchev–Trinajstić information content (AvgIpc) is 2.60. The molecular formula is C18H26NO6P. The molecular weight excluding hydrogens is 357 g/mol. The zero-order chi connectivity index (χ0) is 19.0. The number of hydrogen-bond acceptors (Lipinski definition) is 4. The summed E-state index contributed by atoms with van der Waals surface area (Å²) < 4.78 is 17.6. The first-order valence-electron chi connectivity index (χ1n) is 8.87. The van der Waals surface area contributed by atoms with Gasteiger partial charge in [0.25, 0.3) is 0 Å². The normalized spacial score (nSPS) is 18.5. The highest BCUT2D eigenvalue weighted by Gasteiger charge is 2.37. The number of carbonyl (C=O) groups is 2. The van der Waals surface area contributed by atoms with Crippen LogP contribution in [-0.4, -0.2) is 34.0 Å². The largest absolute Gasteiger partial charge is 0.481 e. The molecule has 1 aliphatic carbocycles. The Balaban J connectivity index is 1.98. The number of hydrogen-bond donors (Lipinski definition) is 3. The van der Waals surface area contributed by atoms with E-state index in [1.807, 2.05) is 18.2 Å². The van der Waals surface area contributed by atoms with Gasteiger partial charge >= 0.3 is 12.1 Å². The maximum Gasteiger partial charge on any atom is 0.408 e. The van der Waals surface area contributed by atoms with E-state index in [2.05, 4.69) is 5.32 Å². The zero-order valence-electron chi connectivity index (χ0n) is 14.7. The van der Waals surface area contributed by atoms with Gasteiger partial charge in [0, 0.05) is 0 Å². The Morgan fingerprint density at radius 1 is 1.19 bits per heavy atom. The molecule has 144 valence electrons. The lowest BCUT2D eigenvalue weighted by molar-refractivity contribution is -0.134. The maximum atomic E-state index is 12.5. The van der Waals surface area contributed by atoms with Crippen LogP contribution in [0.1, 0.15) is 44.1 Å². The van der Waals surface area contributed by atoms with Gasteiger partial charge in [-0.05, 0) is 17.9 Å². The van der Waals surface area contributed by atoms with Crippen molar-refractivity contribution in [2.75, 3.05) is 6.16 Å². The molecule has 26 heavy (non-hydrogen) atoms. The van der Waals surface area contributed by atoms with Crippen LogP contribution in [0.15, 0.2) is 30.3 Å². The van der Waals surface area contributed by atoms with Gasteiger partial charge in [-0.2, -0.15) is 0 Å². The van der Waals surface area contributed by atoms with Crippen molar-refractivity contribution in [3.05, 3.63) is 35.9 Å². The minimum absolute atomic E-state index is 0.0392. The minimum atomic E-state index is -4.09. The van der Waals surface area contributed by atoms with Gasteiger partial charge in [-0.3, -0.25) is 9.36 Å². The third kappa shape index (κ3) is 6.81. The van der Waals surface area contributed by atoms with Crippen LogP contribution in [0.25, 0.3) is 0 Å². The topological polar surface area (TPSA) is 113 Å². The van der Waals surface area contributed by atoms with Crippen LogP contribution >= 0.6 is 7.37 Å². The summed E-state index contributed by atoms with van der Waals surface area (Å²) in [6.07, 6.45) is 3.68. The van der Waals surface area contributed by atoms with Crippen molar-refractivity contribution in [1.29, 1.82) is 0 Å². The van der Waals surface area contributed by atoms with E-state index in [1.54, 1.807) is 12.1 Å². The van der Waals surface area contributed by atoms with Gasteiger partial charge in [-0.15, -0.1) is 0 Å². The smallest absolute Gasteiger partial charge is 0.408 e. The molecule has 1 amide bonds. The summed E-state index contributed by atoms with van der Waals surface area (Å²) in [5, 5.41) is 11.4. The van der Waals surface area contributed by atoms with Gasteiger partial charge in [0.1, 0.15) is 18.6 Å². The highest BCUT2D eigenvalue weighted by Crippen LogP contribution is 2.48. The second-order valence-electron chi connectivity index (χ2n) is 6.77. The number of ether oxygens (including phenoxy) is 1. The molecule has 0 bridgehead atoms. The SMILES string of the molecule is O=C(O)CP(=O)(O)C(CC1CCCCC1)NC(=O)OCc1ccccc1. The molecule has 1 aliphatic rings. The summed E-state index contributed by atoms with van der Waals surface area (Å²) in [6.45, 7) is 0.0392. The predicted molar refractivity (Wildman–Crippen MR) is 97.1 cm³/mol. The fourth-order valence-corrected chi connectivity index (χ4v) is 4.81. The molecule has 0 heterocycles. The van der Waals surface area contributed by atoms with E-state index >= 15 is 0 Å². The molecule has 3 N–H and O–H groups in total. The lowest BCUT2D eigenvalue weighted by Crippen LogP contribution is -2.38. The number of aliphatic carboxylic acids is 1. The van der Waals surface area contributed by atoms with Crippen LogP contribution in [-0.2, 0) is 20.7 Å². The molecule has 2 atom stereocenters. The van der Waals surface area contributed by atoms with Crippen molar-refractivity contribution >= 4 is 19.4 Å². The van der Waals surface area contributed by atoms with E-state index in [1.165, 1.54) is 0 Å². The summed E-state index contributed by atoms with van der Waals surface area (Å²) in [6, 6.07) is 9.08. The van der Waals surface area contributed by atoms with Gasteiger partial charge in [-0.25, -0.2) is 4.79 Å². The second-order valence-corrected chi connectivity index (χ2v) is 9.22. The van der Waals surface area contributed by atoms with Crippen LogP contribution in [0, 0.1) is 5.92 Å². The van der Waals surface area contributed by atoms with Crippen molar-refractivity contribution in [2.24, 2.45) is 5.92 Å². The van der Waals surface area contributed by atoms with Crippen molar-refractivity contribution in [1.82, 2.24) is 5.32 Å². The lowest BCUT2D eigenvalue weighted by atomic mass is 9.87. The van der Waals surface area contributed by atoms with E-state index in [-0.39, 0.29) is 12.5 Å². The Morgan fingerprint density at radius 3 is 2.46 bits per heavy atom. The van der Waals surface area contributed by atoms with Crippen molar-refractivity contribution in [3.8, 4) is 0 Å². The molecule has 0 aliphatic heterocycles. The highest BCUT2D eigenvalue weighted by atomic mass is 31.2. The molecule has 0 aromatic heterocycles. The Morgan fingerprint density at radius 2 is 1.85 bits per heavy atom. The van der Waals surface area contributed by atoms with Crippen LogP contribution in [0.4, 0.5) is 4.79 Å². The van der Waals surface area contributed by atoms with E-state index in [4.69, 9.17) is 9.84 Å². The van der Waals surface area contributed by atoms with Gasteiger partial charge in [0.2, 0.25) is 7.37 Å². The first kappa shape index (κ1) is 20.5. The summed E-state index contributed by atoms with van der Waals surface area (Å²) in [5.74, 6) is -2.26. The molecule has 7 nitrogen and oxygen atoms in total. The summed E-state index contributed by atoms with van der Waals surface area (Å²) in [4.78, 5) is 33.2. The highest BCUT2D eigenvalue weighted by molar-refractivity contribution is 7.59. The van der Waals surface area contributed by atoms with Gasteiger partial charge in [0.05, 0.1) is 0 Å². The standard InChI is InChI=1S/C18H26NO6P/c20-17(21)13-26(23,24)16(11-14-7-3-1-4-8-14)19-18(22)25-12-15-9-5-2-6-10-15/h2,5-6,9-10,14,16H,1,3-4,7-8,11-13H2,(H,19,22)(H,20,21)(H,23,24). The Bertz CT molecular complexity index is 644. The minimum Gasteiger partial charge on any atom is -0.481 e. The van der Waals surface area contributed by atoms with Crippen LogP contribution in [0.2, 0.25) is 0 Å². The van der Waals surface area contributed by atoms with Crippen molar-refractivity contribution in [3.63, 3.8) is 0 Å². The fourth-order valence-electron chi connectivity index (χ4n) is 3.27. The summed E-state index contributed by atoms with van der Waals surface area (Å²) >= 11 is 0. The molecule has 2 rings (SSSR count). The molecule has 1 saturated carbocycles. The van der Waals surface area contributed by atoms with Crippen LogP contribution < -0.4 is 5.32 Å². The Hall–Kier alpha value is -1.85. The first-order valence-corrected chi connectivity index (χ1v) is 10.8. The lowest BCUT2D eigenvalue weighted by Gasteiger charge is -2.29. The number of carboxylic acids is 1. The zero-order valence-corrected chi connectivity index (χ0v) is 15.6. The van der Waals surface area contributed by atoms with Crippen molar-refractivity contribution < 1.29 is 28.9 Å². The van der Waals surface area contributed by atoms with E-state index in [0.29, 0.717) is 6.42 Å². The molecule has 0 radical (unpaired) electrons. The number of alkyl carbamates (subject to hydrolysis) is 1. The van der Waals surface area contributed by atoms with Gasteiger partial charge in [-0.1, -0.05) is 62.4 Å². The fraction of sp³-hybridized carbons (Fsp3) is 0.556. The quantitative estimate of drug-likeness (QED) is 0.592. The second kappa shape index (κ2) is 9.74. The third-order valence-corrected chi connectivity index (χ3v) is 6.66. The van der Waals surface area contributed by atoms with Crippen LogP contribution in [0.5, 0.6) is 0 Å². The molecule has 1 aromatic rings. The van der Waals surface area contributed by atoms with E-state index in [9.17, 15) is 19.0 Å². The molecule has 1 fully saturated rings. The number of carboxylic acid groups (broad SMARTS) is 1. The summed E-state index contributed by atoms with van der Waals surface area (Å²) in [7, 11) is -4.09. The number of carbonyl (C=O) groups excluding carboxylic acids is 1. The van der Waals surface area contributed by atoms with E-state index < -0.39 is 31.4 Å². The third-order valence-electron chi connectivity index (χ3n) is 4.63. The average molecular weight is 383 g/mol. The summed E-state index contributed by atoms with van der Waals surface area (Å²) in [5.41, 5.74) is 0.796. The Labute approximate surface area is 153 Å². The number of nitrogens with one attached hydrogen (secondary N) is 1. The van der Waals surface area contributed by atoms with E-state index in [0.717, 1.165) is 37.7 Å². The first-order chi connectivity index (χ1) is 12.4. The Kier molecular flexibility index (Phi) is 7.66. The number of rotatable bonds is 8. The predicted octanol–water partition coefficient (Wildman–Crippen LogP) is 3.56. The molecule has 2 unspecified atom stereocenters. The van der Waals surface area contributed by atoms with Crippen molar-refractivity contribution in [2.45, 2.75) is 50.9 Å². The number of amides is 1. The molecule has 8 heteroatoms. The molecule has 1 aromatic carbocycles. The molecule has 0 saturated heterocycles. The maximum absolute atomic E-state index is 12.5. The number of benzene rings is 1. The monoisotopic (exact) mass is 383 g/mol. The van der Waals surface area contributed by atoms with Gasteiger partial charge < -0.3 is 20.1 Å². The molecule has 0 spiro atoms. The van der Waals surface area contributed by atoms with Crippen LogP contribution in [0.3, 0.4) is 0 Å². The van der Waals surface area contributed by atoms with Gasteiger partial charge in [0.15, 0.2) is 0 Å².